The molecule has 0 radical (unpaired) electrons. The first kappa shape index (κ1) is 16.1. The fourth-order valence-electron chi connectivity index (χ4n) is 2.46. The van der Waals surface area contributed by atoms with Crippen LogP contribution < -0.4 is 10.6 Å². The maximum Gasteiger partial charge on any atom is 0.0426 e. The molecule has 0 amide bonds. The minimum atomic E-state index is 0.178. The normalized spacial score (nSPS) is 12.2. The minimum Gasteiger partial charge on any atom is -0.370 e. The second-order valence-corrected chi connectivity index (χ2v) is 6.66. The summed E-state index contributed by atoms with van der Waals surface area (Å²) in [6.45, 7) is 5.06. The number of hydrogen-bond donors (Lipinski definition) is 1. The van der Waals surface area contributed by atoms with Crippen molar-refractivity contribution in [1.82, 2.24) is 0 Å². The van der Waals surface area contributed by atoms with E-state index in [0.717, 1.165) is 17.4 Å². The molecule has 2 aromatic carbocycles. The van der Waals surface area contributed by atoms with Crippen LogP contribution in [0, 0.1) is 6.92 Å². The van der Waals surface area contributed by atoms with Gasteiger partial charge in [-0.1, -0.05) is 51.8 Å². The fourth-order valence-corrected chi connectivity index (χ4v) is 2.99. The Balaban J connectivity index is 2.12. The lowest BCUT2D eigenvalue weighted by molar-refractivity contribution is 0.736. The third-order valence-electron chi connectivity index (χ3n) is 3.52. The molecule has 0 aliphatic heterocycles. The molecule has 0 fully saturated rings. The van der Waals surface area contributed by atoms with Crippen LogP contribution in [-0.2, 0) is 13.0 Å². The highest BCUT2D eigenvalue weighted by Gasteiger charge is 2.07. The molecular formula is C18H23BrN2. The average Bonchev–Trinajstić information content (AvgIpc) is 2.40. The second kappa shape index (κ2) is 7.10. The van der Waals surface area contributed by atoms with E-state index in [1.807, 2.05) is 6.92 Å². The van der Waals surface area contributed by atoms with Crippen molar-refractivity contribution in [2.45, 2.75) is 32.9 Å². The van der Waals surface area contributed by atoms with Crippen molar-refractivity contribution in [1.29, 1.82) is 0 Å². The SMILES string of the molecule is Cc1cccc(CN(C)c2ccc(CC(C)N)c(Br)c2)c1. The van der Waals surface area contributed by atoms with Crippen LogP contribution in [0.15, 0.2) is 46.9 Å². The van der Waals surface area contributed by atoms with Gasteiger partial charge in [-0.05, 0) is 43.5 Å². The predicted octanol–water partition coefficient (Wildman–Crippen LogP) is 4.28. The van der Waals surface area contributed by atoms with Crippen molar-refractivity contribution in [3.8, 4) is 0 Å². The van der Waals surface area contributed by atoms with E-state index < -0.39 is 0 Å². The number of anilines is 1. The topological polar surface area (TPSA) is 29.3 Å². The summed E-state index contributed by atoms with van der Waals surface area (Å²) in [6, 6.07) is 15.3. The van der Waals surface area contributed by atoms with Crippen molar-refractivity contribution < 1.29 is 0 Å². The van der Waals surface area contributed by atoms with Crippen molar-refractivity contribution in [3.63, 3.8) is 0 Å². The van der Waals surface area contributed by atoms with Gasteiger partial charge < -0.3 is 10.6 Å². The predicted molar refractivity (Wildman–Crippen MR) is 94.8 cm³/mol. The summed E-state index contributed by atoms with van der Waals surface area (Å²) >= 11 is 3.66. The van der Waals surface area contributed by atoms with Crippen LogP contribution in [0.5, 0.6) is 0 Å². The third-order valence-corrected chi connectivity index (χ3v) is 4.26. The molecule has 0 bridgehead atoms. The molecular weight excluding hydrogens is 324 g/mol. The highest BCUT2D eigenvalue weighted by molar-refractivity contribution is 9.10. The van der Waals surface area contributed by atoms with Gasteiger partial charge in [0.1, 0.15) is 0 Å². The van der Waals surface area contributed by atoms with E-state index >= 15 is 0 Å². The van der Waals surface area contributed by atoms with E-state index in [2.05, 4.69) is 77.3 Å². The summed E-state index contributed by atoms with van der Waals surface area (Å²) in [4.78, 5) is 2.26. The van der Waals surface area contributed by atoms with Crippen LogP contribution in [-0.4, -0.2) is 13.1 Å². The first-order valence-electron chi connectivity index (χ1n) is 7.26. The van der Waals surface area contributed by atoms with Gasteiger partial charge in [-0.15, -0.1) is 0 Å². The Morgan fingerprint density at radius 1 is 1.19 bits per heavy atom. The molecule has 0 heterocycles. The highest BCUT2D eigenvalue weighted by Crippen LogP contribution is 2.25. The molecule has 3 heteroatoms. The molecule has 0 aliphatic rings. The smallest absolute Gasteiger partial charge is 0.0426 e. The fraction of sp³-hybridized carbons (Fsp3) is 0.333. The Morgan fingerprint density at radius 3 is 2.57 bits per heavy atom. The van der Waals surface area contributed by atoms with E-state index in [9.17, 15) is 0 Å². The quantitative estimate of drug-likeness (QED) is 0.875. The van der Waals surface area contributed by atoms with Gasteiger partial charge in [0.15, 0.2) is 0 Å². The van der Waals surface area contributed by atoms with Gasteiger partial charge in [0, 0.05) is 29.8 Å². The Morgan fingerprint density at radius 2 is 1.95 bits per heavy atom. The van der Waals surface area contributed by atoms with E-state index in [4.69, 9.17) is 5.73 Å². The molecule has 0 saturated carbocycles. The summed E-state index contributed by atoms with van der Waals surface area (Å²) in [5, 5.41) is 0. The molecule has 0 aliphatic carbocycles. The molecule has 1 atom stereocenters. The Kier molecular flexibility index (Phi) is 5.43. The number of hydrogen-bond acceptors (Lipinski definition) is 2. The molecule has 0 aromatic heterocycles. The summed E-state index contributed by atoms with van der Waals surface area (Å²) in [7, 11) is 2.12. The molecule has 0 spiro atoms. The average molecular weight is 347 g/mol. The lowest BCUT2D eigenvalue weighted by atomic mass is 10.1. The van der Waals surface area contributed by atoms with Gasteiger partial charge in [-0.3, -0.25) is 0 Å². The van der Waals surface area contributed by atoms with Crippen LogP contribution in [0.1, 0.15) is 23.6 Å². The first-order chi connectivity index (χ1) is 9.95. The van der Waals surface area contributed by atoms with Crippen LogP contribution >= 0.6 is 15.9 Å². The molecule has 2 nitrogen and oxygen atoms in total. The standard InChI is InChI=1S/C18H23BrN2/c1-13-5-4-6-15(9-13)12-21(3)17-8-7-16(10-14(2)20)18(19)11-17/h4-9,11,14H,10,12,20H2,1-3H3. The molecule has 0 saturated heterocycles. The van der Waals surface area contributed by atoms with E-state index in [-0.39, 0.29) is 6.04 Å². The van der Waals surface area contributed by atoms with Gasteiger partial charge in [-0.2, -0.15) is 0 Å². The Labute approximate surface area is 136 Å². The summed E-state index contributed by atoms with van der Waals surface area (Å²) in [6.07, 6.45) is 0.891. The lowest BCUT2D eigenvalue weighted by Gasteiger charge is -2.21. The molecule has 112 valence electrons. The Hall–Kier alpha value is -1.32. The highest BCUT2D eigenvalue weighted by atomic mass is 79.9. The van der Waals surface area contributed by atoms with E-state index in [1.165, 1.54) is 22.4 Å². The molecule has 1 unspecified atom stereocenters. The van der Waals surface area contributed by atoms with Gasteiger partial charge >= 0.3 is 0 Å². The summed E-state index contributed by atoms with van der Waals surface area (Å²) in [5.74, 6) is 0. The van der Waals surface area contributed by atoms with Crippen LogP contribution in [0.3, 0.4) is 0 Å². The minimum absolute atomic E-state index is 0.178. The molecule has 2 aromatic rings. The largest absolute Gasteiger partial charge is 0.370 e. The Bertz CT molecular complexity index is 608. The van der Waals surface area contributed by atoms with Gasteiger partial charge in [0.25, 0.3) is 0 Å². The monoisotopic (exact) mass is 346 g/mol. The van der Waals surface area contributed by atoms with Crippen molar-refractivity contribution in [2.75, 3.05) is 11.9 Å². The van der Waals surface area contributed by atoms with Crippen LogP contribution in [0.25, 0.3) is 0 Å². The van der Waals surface area contributed by atoms with Crippen molar-refractivity contribution in [3.05, 3.63) is 63.6 Å². The van der Waals surface area contributed by atoms with E-state index in [1.54, 1.807) is 0 Å². The van der Waals surface area contributed by atoms with Gasteiger partial charge in [0.2, 0.25) is 0 Å². The van der Waals surface area contributed by atoms with Gasteiger partial charge in [0.05, 0.1) is 0 Å². The zero-order valence-corrected chi connectivity index (χ0v) is 14.5. The number of nitrogens with two attached hydrogens (primary N) is 1. The first-order valence-corrected chi connectivity index (χ1v) is 8.05. The maximum absolute atomic E-state index is 5.88. The maximum atomic E-state index is 5.88. The molecule has 21 heavy (non-hydrogen) atoms. The number of rotatable bonds is 5. The third kappa shape index (κ3) is 4.58. The zero-order valence-electron chi connectivity index (χ0n) is 12.9. The number of halogens is 1. The summed E-state index contributed by atoms with van der Waals surface area (Å²) < 4.78 is 1.13. The molecule has 2 N–H and O–H groups in total. The second-order valence-electron chi connectivity index (χ2n) is 5.80. The summed E-state index contributed by atoms with van der Waals surface area (Å²) in [5.41, 5.74) is 11.0. The number of benzene rings is 2. The van der Waals surface area contributed by atoms with Crippen LogP contribution in [0.2, 0.25) is 0 Å². The van der Waals surface area contributed by atoms with Gasteiger partial charge in [-0.25, -0.2) is 0 Å². The van der Waals surface area contributed by atoms with Crippen molar-refractivity contribution >= 4 is 21.6 Å². The van der Waals surface area contributed by atoms with Crippen LogP contribution in [0.4, 0.5) is 5.69 Å². The number of nitrogens with zero attached hydrogens (tertiary/aromatic N) is 1. The molecule has 2 rings (SSSR count). The van der Waals surface area contributed by atoms with Crippen molar-refractivity contribution in [2.24, 2.45) is 5.73 Å². The zero-order chi connectivity index (χ0) is 15.4. The lowest BCUT2D eigenvalue weighted by Crippen LogP contribution is -2.19. The number of aryl methyl sites for hydroxylation is 1. The van der Waals surface area contributed by atoms with E-state index in [0.29, 0.717) is 0 Å².